The molecule has 8 nitrogen and oxygen atoms in total. The zero-order chi connectivity index (χ0) is 23.9. The summed E-state index contributed by atoms with van der Waals surface area (Å²) < 4.78 is 21.7. The monoisotopic (exact) mass is 450 g/mol. The largest absolute Gasteiger partial charge is 0.458 e. The first-order valence-electron chi connectivity index (χ1n) is 10.7. The van der Waals surface area contributed by atoms with Gasteiger partial charge in [-0.2, -0.15) is 0 Å². The standard InChI is InChI=1S/C23H27FO8/c1-11(25)32-10-19(30)23(31)17(28)8-13-14-7-16(27)15-6-12(26)4-5-20(15,2)22(14,24)18(29)9-21(13,23)3/h4-6,13-14,17-18,28-29,31H,7-10H2,1-3H3/t13-,14-,17?,18?,20-,21-,22-,23-/m0/s1. The summed E-state index contributed by atoms with van der Waals surface area (Å²) in [7, 11) is 0. The van der Waals surface area contributed by atoms with Crippen LogP contribution in [0.1, 0.15) is 40.0 Å². The molecular weight excluding hydrogens is 423 g/mol. The molecule has 9 heteroatoms. The van der Waals surface area contributed by atoms with Gasteiger partial charge in [-0.1, -0.05) is 13.0 Å². The normalized spacial score (nSPS) is 47.3. The first-order chi connectivity index (χ1) is 14.7. The molecule has 0 amide bonds. The summed E-state index contributed by atoms with van der Waals surface area (Å²) >= 11 is 0. The minimum atomic E-state index is -2.39. The molecule has 3 saturated carbocycles. The van der Waals surface area contributed by atoms with Crippen LogP contribution in [-0.4, -0.2) is 68.7 Å². The molecule has 0 heterocycles. The topological polar surface area (TPSA) is 138 Å². The van der Waals surface area contributed by atoms with Gasteiger partial charge < -0.3 is 20.1 Å². The molecule has 0 aromatic heterocycles. The molecule has 3 fully saturated rings. The average molecular weight is 450 g/mol. The van der Waals surface area contributed by atoms with Crippen molar-refractivity contribution in [2.24, 2.45) is 22.7 Å². The number of esters is 1. The molecule has 4 aliphatic carbocycles. The van der Waals surface area contributed by atoms with Crippen molar-refractivity contribution in [1.29, 1.82) is 0 Å². The quantitative estimate of drug-likeness (QED) is 0.525. The number of ether oxygens (including phenoxy) is 1. The van der Waals surface area contributed by atoms with Gasteiger partial charge in [0.1, 0.15) is 0 Å². The van der Waals surface area contributed by atoms with Crippen molar-refractivity contribution >= 4 is 23.3 Å². The van der Waals surface area contributed by atoms with E-state index in [1.165, 1.54) is 26.0 Å². The Morgan fingerprint density at radius 2 is 1.84 bits per heavy atom. The number of carbonyl (C=O) groups is 4. The number of rotatable bonds is 3. The molecule has 4 aliphatic rings. The summed E-state index contributed by atoms with van der Waals surface area (Å²) in [5, 5.41) is 33.3. The summed E-state index contributed by atoms with van der Waals surface area (Å²) in [5.74, 6) is -4.52. The van der Waals surface area contributed by atoms with Gasteiger partial charge in [0, 0.05) is 30.3 Å². The Kier molecular flexibility index (Phi) is 4.94. The van der Waals surface area contributed by atoms with E-state index < -0.39 is 76.1 Å². The van der Waals surface area contributed by atoms with E-state index in [2.05, 4.69) is 0 Å². The summed E-state index contributed by atoms with van der Waals surface area (Å²) in [6.45, 7) is 3.26. The number of carbonyl (C=O) groups excluding carboxylic acids is 4. The van der Waals surface area contributed by atoms with Crippen LogP contribution in [0.3, 0.4) is 0 Å². The molecule has 174 valence electrons. The second-order valence-electron chi connectivity index (χ2n) is 9.96. The van der Waals surface area contributed by atoms with Crippen LogP contribution >= 0.6 is 0 Å². The molecule has 0 aromatic carbocycles. The van der Waals surface area contributed by atoms with Crippen molar-refractivity contribution in [2.45, 2.75) is 63.5 Å². The molecule has 0 aliphatic heterocycles. The fourth-order valence-electron chi connectivity index (χ4n) is 6.84. The minimum absolute atomic E-state index is 0.00820. The Hall–Kier alpha value is -2.23. The Morgan fingerprint density at radius 1 is 1.19 bits per heavy atom. The van der Waals surface area contributed by atoms with Gasteiger partial charge in [-0.05, 0) is 37.8 Å². The number of ketones is 3. The molecule has 0 aromatic rings. The van der Waals surface area contributed by atoms with E-state index in [4.69, 9.17) is 4.74 Å². The second-order valence-corrected chi connectivity index (χ2v) is 9.96. The van der Waals surface area contributed by atoms with Gasteiger partial charge in [0.05, 0.1) is 17.6 Å². The van der Waals surface area contributed by atoms with Gasteiger partial charge in [-0.25, -0.2) is 4.39 Å². The molecule has 0 radical (unpaired) electrons. The van der Waals surface area contributed by atoms with Gasteiger partial charge in [-0.15, -0.1) is 0 Å². The van der Waals surface area contributed by atoms with Crippen molar-refractivity contribution in [2.75, 3.05) is 6.61 Å². The number of alkyl halides is 1. The average Bonchev–Trinajstić information content (AvgIpc) is 2.91. The summed E-state index contributed by atoms with van der Waals surface area (Å²) in [6, 6.07) is 0. The molecule has 8 atom stereocenters. The fourth-order valence-corrected chi connectivity index (χ4v) is 6.84. The number of allylic oxidation sites excluding steroid dienone is 4. The van der Waals surface area contributed by atoms with E-state index in [1.807, 2.05) is 0 Å². The molecular formula is C23H27FO8. The first kappa shape index (κ1) is 22.9. The van der Waals surface area contributed by atoms with Crippen LogP contribution in [0.5, 0.6) is 0 Å². The van der Waals surface area contributed by atoms with Gasteiger partial charge in [0.15, 0.2) is 29.4 Å². The molecule has 32 heavy (non-hydrogen) atoms. The number of hydrogen-bond donors (Lipinski definition) is 3. The number of Topliss-reactive ketones (excluding diaryl/α,β-unsaturated/α-hetero) is 2. The highest BCUT2D eigenvalue weighted by Crippen LogP contribution is 2.69. The van der Waals surface area contributed by atoms with Crippen LogP contribution in [0.2, 0.25) is 0 Å². The van der Waals surface area contributed by atoms with E-state index in [0.29, 0.717) is 0 Å². The Bertz CT molecular complexity index is 986. The molecule has 3 N–H and O–H groups in total. The van der Waals surface area contributed by atoms with Gasteiger partial charge in [-0.3, -0.25) is 19.2 Å². The van der Waals surface area contributed by atoms with Crippen molar-refractivity contribution in [3.63, 3.8) is 0 Å². The van der Waals surface area contributed by atoms with E-state index in [9.17, 15) is 34.5 Å². The predicted molar refractivity (Wildman–Crippen MR) is 107 cm³/mol. The Balaban J connectivity index is 1.80. The zero-order valence-electron chi connectivity index (χ0n) is 18.1. The van der Waals surface area contributed by atoms with Crippen LogP contribution in [0, 0.1) is 22.7 Å². The van der Waals surface area contributed by atoms with E-state index in [-0.39, 0.29) is 24.8 Å². The smallest absolute Gasteiger partial charge is 0.303 e. The van der Waals surface area contributed by atoms with E-state index in [0.717, 1.165) is 13.0 Å². The third-order valence-corrected chi connectivity index (χ3v) is 8.54. The van der Waals surface area contributed by atoms with E-state index >= 15 is 4.39 Å². The predicted octanol–water partition coefficient (Wildman–Crippen LogP) is 0.370. The highest BCUT2D eigenvalue weighted by atomic mass is 19.1. The highest BCUT2D eigenvalue weighted by molar-refractivity contribution is 6.10. The number of aliphatic hydroxyl groups excluding tert-OH is 2. The van der Waals surface area contributed by atoms with Crippen LogP contribution in [0.15, 0.2) is 23.8 Å². The van der Waals surface area contributed by atoms with Gasteiger partial charge in [0.2, 0.25) is 5.78 Å². The maximum Gasteiger partial charge on any atom is 0.303 e. The third kappa shape index (κ3) is 2.58. The molecule has 0 bridgehead atoms. The summed E-state index contributed by atoms with van der Waals surface area (Å²) in [6.07, 6.45) is -0.603. The lowest BCUT2D eigenvalue weighted by molar-refractivity contribution is -0.221. The number of aliphatic hydroxyl groups is 3. The van der Waals surface area contributed by atoms with Crippen molar-refractivity contribution < 1.29 is 43.6 Å². The summed E-state index contributed by atoms with van der Waals surface area (Å²) in [4.78, 5) is 48.9. The first-order valence-corrected chi connectivity index (χ1v) is 10.7. The van der Waals surface area contributed by atoms with Gasteiger partial charge >= 0.3 is 5.97 Å². The molecule has 0 spiro atoms. The second kappa shape index (κ2) is 6.88. The zero-order valence-corrected chi connectivity index (χ0v) is 18.1. The van der Waals surface area contributed by atoms with Crippen molar-refractivity contribution in [3.05, 3.63) is 23.8 Å². The van der Waals surface area contributed by atoms with Crippen LogP contribution in [-0.2, 0) is 23.9 Å². The minimum Gasteiger partial charge on any atom is -0.458 e. The Labute approximate surface area is 184 Å². The lowest BCUT2D eigenvalue weighted by Gasteiger charge is -2.61. The third-order valence-electron chi connectivity index (χ3n) is 8.54. The fraction of sp³-hybridized carbons (Fsp3) is 0.652. The maximum atomic E-state index is 17.0. The van der Waals surface area contributed by atoms with Crippen LogP contribution < -0.4 is 0 Å². The number of hydrogen-bond acceptors (Lipinski definition) is 8. The van der Waals surface area contributed by atoms with Crippen LogP contribution in [0.25, 0.3) is 0 Å². The Morgan fingerprint density at radius 3 is 2.47 bits per heavy atom. The number of halogens is 1. The van der Waals surface area contributed by atoms with Crippen molar-refractivity contribution in [1.82, 2.24) is 0 Å². The maximum absolute atomic E-state index is 17.0. The van der Waals surface area contributed by atoms with Crippen molar-refractivity contribution in [3.8, 4) is 0 Å². The lowest BCUT2D eigenvalue weighted by atomic mass is 9.44. The summed E-state index contributed by atoms with van der Waals surface area (Å²) in [5.41, 5.74) is -7.82. The molecule has 0 saturated heterocycles. The lowest BCUT2D eigenvalue weighted by Crippen LogP contribution is -2.70. The van der Waals surface area contributed by atoms with Gasteiger partial charge in [0.25, 0.3) is 0 Å². The molecule has 2 unspecified atom stereocenters. The van der Waals surface area contributed by atoms with E-state index in [1.54, 1.807) is 0 Å². The van der Waals surface area contributed by atoms with Crippen LogP contribution in [0.4, 0.5) is 4.39 Å². The number of fused-ring (bicyclic) bond motifs is 5. The SMILES string of the molecule is CC(=O)OCC(=O)[C@@]1(O)C(O)C[C@H]2[C@@H]3CC(=O)C4=CC(=O)C=C[C@]4(C)[C@@]3(F)C(O)C[C@@]21C. The molecule has 4 rings (SSSR count). The highest BCUT2D eigenvalue weighted by Gasteiger charge is 2.77.